The van der Waals surface area contributed by atoms with Gasteiger partial charge in [0.25, 0.3) is 0 Å². The highest BCUT2D eigenvalue weighted by molar-refractivity contribution is 9.09. The zero-order valence-corrected chi connectivity index (χ0v) is 13.2. The molecule has 0 N–H and O–H groups in total. The second-order valence-electron chi connectivity index (χ2n) is 5.86. The highest BCUT2D eigenvalue weighted by Gasteiger charge is 2.42. The molecule has 1 saturated carbocycles. The predicted molar refractivity (Wildman–Crippen MR) is 79.1 cm³/mol. The Labute approximate surface area is 126 Å². The molecular weight excluding hydrogens is 329 g/mol. The number of halogens is 4. The quantitative estimate of drug-likeness (QED) is 0.617. The van der Waals surface area contributed by atoms with E-state index in [2.05, 4.69) is 40.2 Å². The molecule has 0 amide bonds. The van der Waals surface area contributed by atoms with Gasteiger partial charge in [-0.15, -0.1) is 0 Å². The van der Waals surface area contributed by atoms with Gasteiger partial charge >= 0.3 is 6.18 Å². The summed E-state index contributed by atoms with van der Waals surface area (Å²) < 4.78 is 37.9. The number of benzene rings is 1. The van der Waals surface area contributed by atoms with E-state index in [1.165, 1.54) is 11.1 Å². The second kappa shape index (κ2) is 6.50. The largest absolute Gasteiger partial charge is 0.391 e. The summed E-state index contributed by atoms with van der Waals surface area (Å²) in [5, 5.41) is 0. The molecule has 0 aliphatic heterocycles. The molecule has 20 heavy (non-hydrogen) atoms. The maximum Gasteiger partial charge on any atom is 0.391 e. The maximum atomic E-state index is 12.6. The van der Waals surface area contributed by atoms with E-state index in [-0.39, 0.29) is 17.7 Å². The van der Waals surface area contributed by atoms with E-state index in [1.54, 1.807) is 0 Å². The summed E-state index contributed by atoms with van der Waals surface area (Å²) in [5.74, 6) is -0.729. The minimum Gasteiger partial charge on any atom is -0.171 e. The fraction of sp³-hybridized carbons (Fsp3) is 0.625. The van der Waals surface area contributed by atoms with Crippen LogP contribution in [-0.2, 0) is 6.42 Å². The van der Waals surface area contributed by atoms with Gasteiger partial charge in [-0.05, 0) is 50.5 Å². The van der Waals surface area contributed by atoms with Crippen LogP contribution in [0.4, 0.5) is 13.2 Å². The van der Waals surface area contributed by atoms with Crippen molar-refractivity contribution in [1.29, 1.82) is 0 Å². The van der Waals surface area contributed by atoms with E-state index < -0.39 is 12.1 Å². The number of hydrogen-bond acceptors (Lipinski definition) is 0. The summed E-state index contributed by atoms with van der Waals surface area (Å²) in [7, 11) is 0. The van der Waals surface area contributed by atoms with Crippen molar-refractivity contribution in [2.24, 2.45) is 11.8 Å². The van der Waals surface area contributed by atoms with E-state index in [1.807, 2.05) is 6.92 Å². The topological polar surface area (TPSA) is 0 Å². The van der Waals surface area contributed by atoms with Gasteiger partial charge in [-0.25, -0.2) is 0 Å². The Balaban J connectivity index is 1.85. The van der Waals surface area contributed by atoms with Crippen LogP contribution in [0.3, 0.4) is 0 Å². The first-order chi connectivity index (χ1) is 9.36. The molecule has 1 fully saturated rings. The van der Waals surface area contributed by atoms with Crippen molar-refractivity contribution in [2.45, 2.75) is 50.0 Å². The highest BCUT2D eigenvalue weighted by Crippen LogP contribution is 2.42. The minimum absolute atomic E-state index is 0.277. The van der Waals surface area contributed by atoms with Crippen LogP contribution in [0.25, 0.3) is 0 Å². The molecule has 1 aromatic carbocycles. The third-order valence-corrected chi connectivity index (χ3v) is 5.37. The summed E-state index contributed by atoms with van der Waals surface area (Å²) in [6, 6.07) is 8.36. The van der Waals surface area contributed by atoms with Gasteiger partial charge in [0.2, 0.25) is 0 Å². The smallest absolute Gasteiger partial charge is 0.171 e. The Hall–Kier alpha value is -0.510. The van der Waals surface area contributed by atoms with Gasteiger partial charge in [0.15, 0.2) is 0 Å². The lowest BCUT2D eigenvalue weighted by molar-refractivity contribution is -0.183. The van der Waals surface area contributed by atoms with Crippen LogP contribution in [0.15, 0.2) is 24.3 Å². The third-order valence-electron chi connectivity index (χ3n) is 4.30. The standard InChI is InChI=1S/C16H20BrF3/c1-11-2-4-12(5-3-11)10-15(17)13-6-8-14(9-7-13)16(18,19)20/h2-5,13-15H,6-10H2,1H3. The van der Waals surface area contributed by atoms with Crippen LogP contribution in [0.5, 0.6) is 0 Å². The molecule has 112 valence electrons. The first-order valence-electron chi connectivity index (χ1n) is 7.12. The number of rotatable bonds is 3. The van der Waals surface area contributed by atoms with Crippen molar-refractivity contribution in [3.8, 4) is 0 Å². The monoisotopic (exact) mass is 348 g/mol. The molecule has 0 spiro atoms. The molecule has 2 rings (SSSR count). The second-order valence-corrected chi connectivity index (χ2v) is 7.04. The zero-order valence-electron chi connectivity index (χ0n) is 11.6. The van der Waals surface area contributed by atoms with Crippen LogP contribution in [0.2, 0.25) is 0 Å². The molecular formula is C16H20BrF3. The lowest BCUT2D eigenvalue weighted by atomic mass is 9.79. The zero-order chi connectivity index (χ0) is 14.8. The minimum atomic E-state index is -4.01. The van der Waals surface area contributed by atoms with Crippen molar-refractivity contribution < 1.29 is 13.2 Å². The fourth-order valence-corrected chi connectivity index (χ4v) is 3.83. The SMILES string of the molecule is Cc1ccc(CC(Br)C2CCC(C(F)(F)F)CC2)cc1. The summed E-state index contributed by atoms with van der Waals surface area (Å²) in [6.45, 7) is 2.05. The van der Waals surface area contributed by atoms with Gasteiger partial charge in [-0.2, -0.15) is 13.2 Å². The van der Waals surface area contributed by atoms with E-state index in [0.717, 1.165) is 6.42 Å². The highest BCUT2D eigenvalue weighted by atomic mass is 79.9. The number of aryl methyl sites for hydroxylation is 1. The van der Waals surface area contributed by atoms with Crippen molar-refractivity contribution in [1.82, 2.24) is 0 Å². The normalized spacial score (nSPS) is 25.4. The van der Waals surface area contributed by atoms with Gasteiger partial charge in [-0.1, -0.05) is 45.8 Å². The van der Waals surface area contributed by atoms with Crippen molar-refractivity contribution in [3.05, 3.63) is 35.4 Å². The Morgan fingerprint density at radius 2 is 1.65 bits per heavy atom. The number of alkyl halides is 4. The molecule has 0 heterocycles. The molecule has 1 aliphatic carbocycles. The van der Waals surface area contributed by atoms with Crippen molar-refractivity contribution in [3.63, 3.8) is 0 Å². The number of hydrogen-bond donors (Lipinski definition) is 0. The van der Waals surface area contributed by atoms with Crippen molar-refractivity contribution >= 4 is 15.9 Å². The molecule has 0 aromatic heterocycles. The molecule has 0 bridgehead atoms. The van der Waals surface area contributed by atoms with Crippen LogP contribution < -0.4 is 0 Å². The average Bonchev–Trinajstić information content (AvgIpc) is 2.40. The summed E-state index contributed by atoms with van der Waals surface area (Å²) in [4.78, 5) is 0.277. The van der Waals surface area contributed by atoms with Gasteiger partial charge < -0.3 is 0 Å². The van der Waals surface area contributed by atoms with Crippen LogP contribution in [0, 0.1) is 18.8 Å². The van der Waals surface area contributed by atoms with Gasteiger partial charge in [0, 0.05) is 4.83 Å². The summed E-state index contributed by atoms with van der Waals surface area (Å²) in [6.07, 6.45) is -1.21. The first kappa shape index (κ1) is 15.9. The summed E-state index contributed by atoms with van der Waals surface area (Å²) in [5.41, 5.74) is 2.47. The lowest BCUT2D eigenvalue weighted by Crippen LogP contribution is -2.30. The molecule has 0 saturated heterocycles. The van der Waals surface area contributed by atoms with Gasteiger partial charge in [0.05, 0.1) is 5.92 Å². The molecule has 1 aromatic rings. The molecule has 1 atom stereocenters. The van der Waals surface area contributed by atoms with Gasteiger partial charge in [-0.3, -0.25) is 0 Å². The van der Waals surface area contributed by atoms with Crippen LogP contribution in [-0.4, -0.2) is 11.0 Å². The average molecular weight is 349 g/mol. The van der Waals surface area contributed by atoms with Crippen LogP contribution in [0.1, 0.15) is 36.8 Å². The van der Waals surface area contributed by atoms with Crippen LogP contribution >= 0.6 is 15.9 Å². The van der Waals surface area contributed by atoms with E-state index in [4.69, 9.17) is 0 Å². The fourth-order valence-electron chi connectivity index (χ4n) is 2.92. The Morgan fingerprint density at radius 1 is 1.10 bits per heavy atom. The van der Waals surface area contributed by atoms with E-state index in [9.17, 15) is 13.2 Å². The Morgan fingerprint density at radius 3 is 2.15 bits per heavy atom. The Bertz CT molecular complexity index is 416. The maximum absolute atomic E-state index is 12.6. The summed E-state index contributed by atoms with van der Waals surface area (Å²) >= 11 is 3.68. The molecule has 0 radical (unpaired) electrons. The molecule has 0 nitrogen and oxygen atoms in total. The van der Waals surface area contributed by atoms with Crippen molar-refractivity contribution in [2.75, 3.05) is 0 Å². The molecule has 1 unspecified atom stereocenters. The Kier molecular flexibility index (Phi) is 5.16. The molecule has 4 heteroatoms. The van der Waals surface area contributed by atoms with Gasteiger partial charge in [0.1, 0.15) is 0 Å². The first-order valence-corrected chi connectivity index (χ1v) is 8.04. The third kappa shape index (κ3) is 4.24. The molecule has 1 aliphatic rings. The lowest BCUT2D eigenvalue weighted by Gasteiger charge is -2.32. The van der Waals surface area contributed by atoms with E-state index >= 15 is 0 Å². The van der Waals surface area contributed by atoms with E-state index in [0.29, 0.717) is 18.8 Å². The predicted octanol–water partition coefficient (Wildman–Crippen LogP) is 5.67.